The Balaban J connectivity index is 1.62. The van der Waals surface area contributed by atoms with E-state index in [1.54, 1.807) is 19.5 Å². The van der Waals surface area contributed by atoms with Gasteiger partial charge >= 0.3 is 5.76 Å². The van der Waals surface area contributed by atoms with Gasteiger partial charge in [-0.3, -0.25) is 14.1 Å². The molecule has 2 aromatic heterocycles. The predicted octanol–water partition coefficient (Wildman–Crippen LogP) is 4.18. The molecular formula is C22H15FN4O3. The van der Waals surface area contributed by atoms with E-state index in [9.17, 15) is 9.18 Å². The number of halogens is 1. The average molecular weight is 402 g/mol. The second kappa shape index (κ2) is 7.00. The number of H-pyrrole nitrogens is 1. The van der Waals surface area contributed by atoms with Gasteiger partial charge in [0.1, 0.15) is 17.9 Å². The molecule has 0 aliphatic rings. The lowest BCUT2D eigenvalue weighted by Gasteiger charge is -2.09. The van der Waals surface area contributed by atoms with Crippen LogP contribution in [0.5, 0.6) is 5.75 Å². The first-order valence-corrected chi connectivity index (χ1v) is 9.10. The molecule has 0 unspecified atom stereocenters. The van der Waals surface area contributed by atoms with Crippen LogP contribution in [0.3, 0.4) is 0 Å². The predicted molar refractivity (Wildman–Crippen MR) is 109 cm³/mol. The van der Waals surface area contributed by atoms with Crippen LogP contribution >= 0.6 is 0 Å². The van der Waals surface area contributed by atoms with Crippen molar-refractivity contribution in [2.45, 2.75) is 0 Å². The SMILES string of the molecule is COc1ccc(-c2cccc(-n3cnc4cc(F)c(-c5noc(=O)[nH]5)cc43)c2)cc1. The minimum Gasteiger partial charge on any atom is -0.497 e. The summed E-state index contributed by atoms with van der Waals surface area (Å²) in [6.07, 6.45) is 1.63. The van der Waals surface area contributed by atoms with Gasteiger partial charge in [0.05, 0.1) is 23.7 Å². The van der Waals surface area contributed by atoms with Gasteiger partial charge in [0.25, 0.3) is 0 Å². The van der Waals surface area contributed by atoms with Crippen LogP contribution in [-0.2, 0) is 0 Å². The van der Waals surface area contributed by atoms with Crippen molar-refractivity contribution < 1.29 is 13.7 Å². The summed E-state index contributed by atoms with van der Waals surface area (Å²) in [4.78, 5) is 17.9. The maximum atomic E-state index is 14.5. The van der Waals surface area contributed by atoms with Crippen molar-refractivity contribution in [3.63, 3.8) is 0 Å². The fourth-order valence-electron chi connectivity index (χ4n) is 3.38. The Bertz CT molecular complexity index is 1420. The quantitative estimate of drug-likeness (QED) is 0.487. The van der Waals surface area contributed by atoms with E-state index in [0.29, 0.717) is 11.0 Å². The summed E-state index contributed by atoms with van der Waals surface area (Å²) in [5, 5.41) is 3.59. The third-order valence-corrected chi connectivity index (χ3v) is 4.88. The fourth-order valence-corrected chi connectivity index (χ4v) is 3.38. The molecule has 0 aliphatic carbocycles. The van der Waals surface area contributed by atoms with E-state index in [0.717, 1.165) is 22.6 Å². The van der Waals surface area contributed by atoms with Gasteiger partial charge in [0, 0.05) is 11.8 Å². The normalized spacial score (nSPS) is 11.1. The van der Waals surface area contributed by atoms with E-state index < -0.39 is 11.6 Å². The Labute approximate surface area is 169 Å². The highest BCUT2D eigenvalue weighted by atomic mass is 19.1. The van der Waals surface area contributed by atoms with Crippen LogP contribution in [0.15, 0.2) is 76.3 Å². The summed E-state index contributed by atoms with van der Waals surface area (Å²) >= 11 is 0. The molecule has 30 heavy (non-hydrogen) atoms. The number of ether oxygens (including phenoxy) is 1. The van der Waals surface area contributed by atoms with E-state index in [1.165, 1.54) is 6.07 Å². The van der Waals surface area contributed by atoms with Crippen LogP contribution in [-0.4, -0.2) is 26.8 Å². The minimum absolute atomic E-state index is 0.0270. The fraction of sp³-hybridized carbons (Fsp3) is 0.0455. The van der Waals surface area contributed by atoms with Crippen LogP contribution in [0, 0.1) is 5.82 Å². The van der Waals surface area contributed by atoms with Crippen molar-refractivity contribution in [3.8, 4) is 34.0 Å². The van der Waals surface area contributed by atoms with Crippen LogP contribution < -0.4 is 10.5 Å². The molecule has 0 atom stereocenters. The molecule has 0 bridgehead atoms. The summed E-state index contributed by atoms with van der Waals surface area (Å²) in [6, 6.07) is 18.6. The first-order chi connectivity index (χ1) is 14.6. The Morgan fingerprint density at radius 1 is 1.07 bits per heavy atom. The Morgan fingerprint density at radius 2 is 1.90 bits per heavy atom. The summed E-state index contributed by atoms with van der Waals surface area (Å²) in [5.74, 6) is -0.482. The number of aromatic amines is 1. The highest BCUT2D eigenvalue weighted by molar-refractivity contribution is 5.83. The maximum Gasteiger partial charge on any atom is 0.439 e. The molecule has 5 aromatic rings. The van der Waals surface area contributed by atoms with E-state index in [-0.39, 0.29) is 11.4 Å². The number of nitrogens with one attached hydrogen (secondary N) is 1. The topological polar surface area (TPSA) is 85.9 Å². The van der Waals surface area contributed by atoms with E-state index >= 15 is 0 Å². The van der Waals surface area contributed by atoms with Crippen molar-refractivity contribution in [1.29, 1.82) is 0 Å². The van der Waals surface area contributed by atoms with Gasteiger partial charge < -0.3 is 4.74 Å². The molecule has 2 heterocycles. The zero-order valence-corrected chi connectivity index (χ0v) is 15.8. The number of imidazole rings is 1. The van der Waals surface area contributed by atoms with Crippen molar-refractivity contribution in [3.05, 3.63) is 83.4 Å². The molecule has 0 spiro atoms. The summed E-state index contributed by atoms with van der Waals surface area (Å²) in [5.41, 5.74) is 4.19. The highest BCUT2D eigenvalue weighted by Gasteiger charge is 2.15. The Kier molecular flexibility index (Phi) is 4.17. The highest BCUT2D eigenvalue weighted by Crippen LogP contribution is 2.29. The molecule has 3 aromatic carbocycles. The van der Waals surface area contributed by atoms with E-state index in [4.69, 9.17) is 4.74 Å². The second-order valence-corrected chi connectivity index (χ2v) is 6.66. The first kappa shape index (κ1) is 17.9. The lowest BCUT2D eigenvalue weighted by Crippen LogP contribution is -1.97. The lowest BCUT2D eigenvalue weighted by atomic mass is 10.0. The zero-order valence-electron chi connectivity index (χ0n) is 15.8. The third-order valence-electron chi connectivity index (χ3n) is 4.88. The van der Waals surface area contributed by atoms with Gasteiger partial charge in [-0.05, 0) is 41.5 Å². The standard InChI is InChI=1S/C22H15FN4O3/c1-29-16-7-5-13(6-8-16)14-3-2-4-15(9-14)27-12-24-19-11-18(23)17(10-20(19)27)21-25-22(28)30-26-21/h2-12H,1H3,(H,25,26,28). The summed E-state index contributed by atoms with van der Waals surface area (Å²) in [7, 11) is 1.63. The smallest absolute Gasteiger partial charge is 0.439 e. The monoisotopic (exact) mass is 402 g/mol. The van der Waals surface area contributed by atoms with Crippen molar-refractivity contribution >= 4 is 11.0 Å². The second-order valence-electron chi connectivity index (χ2n) is 6.66. The molecule has 0 saturated heterocycles. The third kappa shape index (κ3) is 3.04. The van der Waals surface area contributed by atoms with Crippen LogP contribution in [0.25, 0.3) is 39.2 Å². The summed E-state index contributed by atoms with van der Waals surface area (Å²) in [6.45, 7) is 0. The number of hydrogen-bond acceptors (Lipinski definition) is 5. The molecule has 148 valence electrons. The molecule has 0 aliphatic heterocycles. The van der Waals surface area contributed by atoms with Crippen molar-refractivity contribution in [1.82, 2.24) is 19.7 Å². The van der Waals surface area contributed by atoms with Crippen LogP contribution in [0.2, 0.25) is 0 Å². The lowest BCUT2D eigenvalue weighted by molar-refractivity contribution is 0.387. The largest absolute Gasteiger partial charge is 0.497 e. The van der Waals surface area contributed by atoms with Crippen molar-refractivity contribution in [2.75, 3.05) is 7.11 Å². The molecule has 0 fully saturated rings. The van der Waals surface area contributed by atoms with E-state index in [1.807, 2.05) is 53.1 Å². The van der Waals surface area contributed by atoms with Gasteiger partial charge in [-0.15, -0.1) is 0 Å². The van der Waals surface area contributed by atoms with Gasteiger partial charge in [-0.25, -0.2) is 14.2 Å². The molecular weight excluding hydrogens is 387 g/mol. The maximum absolute atomic E-state index is 14.5. The number of benzene rings is 3. The Morgan fingerprint density at radius 3 is 2.63 bits per heavy atom. The minimum atomic E-state index is -0.745. The molecule has 0 saturated carbocycles. The number of nitrogens with zero attached hydrogens (tertiary/aromatic N) is 3. The number of rotatable bonds is 4. The first-order valence-electron chi connectivity index (χ1n) is 9.10. The van der Waals surface area contributed by atoms with E-state index in [2.05, 4.69) is 19.6 Å². The number of hydrogen-bond donors (Lipinski definition) is 1. The molecule has 0 radical (unpaired) electrons. The number of fused-ring (bicyclic) bond motifs is 1. The van der Waals surface area contributed by atoms with Crippen LogP contribution in [0.1, 0.15) is 0 Å². The van der Waals surface area contributed by atoms with Crippen LogP contribution in [0.4, 0.5) is 4.39 Å². The molecule has 1 N–H and O–H groups in total. The van der Waals surface area contributed by atoms with Crippen molar-refractivity contribution in [2.24, 2.45) is 0 Å². The molecule has 8 heteroatoms. The van der Waals surface area contributed by atoms with Gasteiger partial charge in [0.15, 0.2) is 5.82 Å². The number of aromatic nitrogens is 4. The van der Waals surface area contributed by atoms with Gasteiger partial charge in [-0.1, -0.05) is 29.4 Å². The molecule has 0 amide bonds. The van der Waals surface area contributed by atoms with Gasteiger partial charge in [0.2, 0.25) is 0 Å². The average Bonchev–Trinajstić information content (AvgIpc) is 3.39. The zero-order chi connectivity index (χ0) is 20.7. The summed E-state index contributed by atoms with van der Waals surface area (Å²) < 4.78 is 26.1. The molecule has 5 rings (SSSR count). The Hall–Kier alpha value is -4.20. The van der Waals surface area contributed by atoms with Gasteiger partial charge in [-0.2, -0.15) is 0 Å². The number of methoxy groups -OCH3 is 1. The molecule has 7 nitrogen and oxygen atoms in total.